The molecule has 1 amide bonds. The van der Waals surface area contributed by atoms with Gasteiger partial charge in [-0.15, -0.1) is 0 Å². The molecule has 0 aliphatic heterocycles. The number of ether oxygens (including phenoxy) is 1. The number of unbranched alkanes of at least 4 members (excludes halogenated alkanes) is 1. The highest BCUT2D eigenvalue weighted by molar-refractivity contribution is 5.99. The van der Waals surface area contributed by atoms with Gasteiger partial charge < -0.3 is 15.8 Å². The number of hydrogen-bond donors (Lipinski definition) is 3. The van der Waals surface area contributed by atoms with E-state index in [4.69, 9.17) is 10.5 Å². The number of carbonyl (C=O) groups is 1. The van der Waals surface area contributed by atoms with Gasteiger partial charge in [0.25, 0.3) is 5.91 Å². The lowest BCUT2D eigenvalue weighted by Crippen LogP contribution is -2.28. The van der Waals surface area contributed by atoms with E-state index < -0.39 is 0 Å². The Morgan fingerprint density at radius 2 is 2.29 bits per heavy atom. The molecule has 17 heavy (non-hydrogen) atoms. The van der Waals surface area contributed by atoms with Crippen molar-refractivity contribution < 1.29 is 9.53 Å². The number of nitrogen functional groups attached to an aromatic ring is 1. The number of nitrogens with one attached hydrogen (secondary N) is 2. The maximum absolute atomic E-state index is 11.7. The normalized spacial score (nSPS) is 10.5. The topological polar surface area (TPSA) is 93.0 Å². The van der Waals surface area contributed by atoms with Crippen molar-refractivity contribution in [3.05, 3.63) is 11.3 Å². The second-order valence-electron chi connectivity index (χ2n) is 3.83. The molecule has 6 nitrogen and oxygen atoms in total. The van der Waals surface area contributed by atoms with E-state index in [0.29, 0.717) is 24.4 Å². The quantitative estimate of drug-likeness (QED) is 0.616. The van der Waals surface area contributed by atoms with Crippen LogP contribution in [0.1, 0.15) is 35.8 Å². The maximum atomic E-state index is 11.7. The average Bonchev–Trinajstić information content (AvgIpc) is 2.63. The zero-order valence-electron chi connectivity index (χ0n) is 10.4. The highest BCUT2D eigenvalue weighted by Crippen LogP contribution is 2.11. The zero-order valence-corrected chi connectivity index (χ0v) is 10.4. The smallest absolute Gasteiger partial charge is 0.257 e. The van der Waals surface area contributed by atoms with Gasteiger partial charge >= 0.3 is 0 Å². The first-order valence-electron chi connectivity index (χ1n) is 5.83. The van der Waals surface area contributed by atoms with Gasteiger partial charge in [0.1, 0.15) is 5.56 Å². The van der Waals surface area contributed by atoms with E-state index in [1.54, 1.807) is 6.92 Å². The predicted octanol–water partition coefficient (Wildman–Crippen LogP) is 0.847. The van der Waals surface area contributed by atoms with Crippen LogP contribution in [0.3, 0.4) is 0 Å². The van der Waals surface area contributed by atoms with Crippen LogP contribution in [0.5, 0.6) is 0 Å². The van der Waals surface area contributed by atoms with Gasteiger partial charge in [-0.1, -0.05) is 13.3 Å². The van der Waals surface area contributed by atoms with Crippen molar-refractivity contribution in [2.75, 3.05) is 25.5 Å². The van der Waals surface area contributed by atoms with Gasteiger partial charge in [-0.2, -0.15) is 5.10 Å². The van der Waals surface area contributed by atoms with Crippen molar-refractivity contribution in [2.45, 2.75) is 26.7 Å². The van der Waals surface area contributed by atoms with E-state index in [0.717, 1.165) is 19.4 Å². The summed E-state index contributed by atoms with van der Waals surface area (Å²) in [5.74, 6) is 0.0137. The van der Waals surface area contributed by atoms with Crippen LogP contribution < -0.4 is 11.1 Å². The molecule has 0 saturated carbocycles. The molecule has 1 aromatic rings. The molecule has 0 aliphatic rings. The lowest BCUT2D eigenvalue weighted by Gasteiger charge is -2.06. The molecule has 1 heterocycles. The zero-order chi connectivity index (χ0) is 12.7. The summed E-state index contributed by atoms with van der Waals surface area (Å²) in [7, 11) is 0. The Balaban J connectivity index is 2.26. The Kier molecular flexibility index (Phi) is 5.48. The molecule has 0 atom stereocenters. The monoisotopic (exact) mass is 240 g/mol. The first kappa shape index (κ1) is 13.5. The van der Waals surface area contributed by atoms with Gasteiger partial charge in [-0.05, 0) is 13.3 Å². The molecule has 0 spiro atoms. The average molecular weight is 240 g/mol. The summed E-state index contributed by atoms with van der Waals surface area (Å²) in [5, 5.41) is 9.18. The summed E-state index contributed by atoms with van der Waals surface area (Å²) in [6, 6.07) is 0. The number of aryl methyl sites for hydroxylation is 1. The predicted molar refractivity (Wildman–Crippen MR) is 65.8 cm³/mol. The first-order chi connectivity index (χ1) is 8.16. The van der Waals surface area contributed by atoms with E-state index >= 15 is 0 Å². The molecule has 0 bridgehead atoms. The van der Waals surface area contributed by atoms with Crippen molar-refractivity contribution in [1.29, 1.82) is 0 Å². The first-order valence-corrected chi connectivity index (χ1v) is 5.83. The molecule has 0 aromatic carbocycles. The van der Waals surface area contributed by atoms with Crippen molar-refractivity contribution in [3.63, 3.8) is 0 Å². The summed E-state index contributed by atoms with van der Waals surface area (Å²) in [6.45, 7) is 5.60. The SMILES string of the molecule is CCCCOCCNC(=O)c1c(N)n[nH]c1C. The molecule has 0 aliphatic carbocycles. The lowest BCUT2D eigenvalue weighted by atomic mass is 10.2. The van der Waals surface area contributed by atoms with Gasteiger partial charge in [0.2, 0.25) is 0 Å². The van der Waals surface area contributed by atoms with Gasteiger partial charge in [-0.3, -0.25) is 9.89 Å². The summed E-state index contributed by atoms with van der Waals surface area (Å²) < 4.78 is 5.33. The molecule has 1 aromatic heterocycles. The fraction of sp³-hybridized carbons (Fsp3) is 0.636. The van der Waals surface area contributed by atoms with Gasteiger partial charge in [-0.25, -0.2) is 0 Å². The molecule has 0 radical (unpaired) electrons. The minimum atomic E-state index is -0.215. The number of nitrogens with zero attached hydrogens (tertiary/aromatic N) is 1. The molecule has 1 rings (SSSR count). The Morgan fingerprint density at radius 1 is 1.53 bits per heavy atom. The second kappa shape index (κ2) is 6.90. The molecular formula is C11H20N4O2. The maximum Gasteiger partial charge on any atom is 0.257 e. The Labute approximate surface area is 101 Å². The van der Waals surface area contributed by atoms with E-state index in [1.807, 2.05) is 0 Å². The Morgan fingerprint density at radius 3 is 2.88 bits per heavy atom. The van der Waals surface area contributed by atoms with E-state index in [-0.39, 0.29) is 11.7 Å². The number of rotatable bonds is 7. The highest BCUT2D eigenvalue weighted by Gasteiger charge is 2.15. The summed E-state index contributed by atoms with van der Waals surface area (Å²) >= 11 is 0. The van der Waals surface area contributed by atoms with E-state index in [2.05, 4.69) is 22.4 Å². The Hall–Kier alpha value is -1.56. The van der Waals surface area contributed by atoms with Crippen molar-refractivity contribution in [2.24, 2.45) is 0 Å². The van der Waals surface area contributed by atoms with Gasteiger partial charge in [0, 0.05) is 18.8 Å². The summed E-state index contributed by atoms with van der Waals surface area (Å²) in [6.07, 6.45) is 2.15. The summed E-state index contributed by atoms with van der Waals surface area (Å²) in [4.78, 5) is 11.7. The second-order valence-corrected chi connectivity index (χ2v) is 3.83. The van der Waals surface area contributed by atoms with Crippen LogP contribution in [0, 0.1) is 6.92 Å². The lowest BCUT2D eigenvalue weighted by molar-refractivity contribution is 0.0913. The fourth-order valence-corrected chi connectivity index (χ4v) is 1.41. The summed E-state index contributed by atoms with van der Waals surface area (Å²) in [5.41, 5.74) is 6.67. The third-order valence-electron chi connectivity index (χ3n) is 2.38. The van der Waals surface area contributed by atoms with Gasteiger partial charge in [0.05, 0.1) is 6.61 Å². The molecule has 0 unspecified atom stereocenters. The van der Waals surface area contributed by atoms with Crippen molar-refractivity contribution in [3.8, 4) is 0 Å². The molecule has 6 heteroatoms. The van der Waals surface area contributed by atoms with Crippen LogP contribution in [-0.2, 0) is 4.74 Å². The largest absolute Gasteiger partial charge is 0.382 e. The number of H-pyrrole nitrogens is 1. The highest BCUT2D eigenvalue weighted by atomic mass is 16.5. The van der Waals surface area contributed by atoms with Crippen LogP contribution in [0.25, 0.3) is 0 Å². The number of nitrogens with two attached hydrogens (primary N) is 1. The Bertz CT molecular complexity index is 343. The number of amides is 1. The minimum Gasteiger partial charge on any atom is -0.382 e. The molecule has 0 saturated heterocycles. The van der Waals surface area contributed by atoms with Crippen LogP contribution in [0.15, 0.2) is 0 Å². The van der Waals surface area contributed by atoms with Crippen LogP contribution in [-0.4, -0.2) is 35.9 Å². The van der Waals surface area contributed by atoms with E-state index in [1.165, 1.54) is 0 Å². The van der Waals surface area contributed by atoms with Crippen LogP contribution in [0.2, 0.25) is 0 Å². The van der Waals surface area contributed by atoms with Crippen LogP contribution >= 0.6 is 0 Å². The molecule has 0 fully saturated rings. The number of aromatic amines is 1. The number of anilines is 1. The van der Waals surface area contributed by atoms with E-state index in [9.17, 15) is 4.79 Å². The van der Waals surface area contributed by atoms with Gasteiger partial charge in [0.15, 0.2) is 5.82 Å². The molecule has 4 N–H and O–H groups in total. The molecule has 96 valence electrons. The standard InChI is InChI=1S/C11H20N4O2/c1-3-4-6-17-7-5-13-11(16)9-8(2)14-15-10(9)12/h3-7H2,1-2H3,(H,13,16)(H3,12,14,15). The fourth-order valence-electron chi connectivity index (χ4n) is 1.41. The minimum absolute atomic E-state index is 0.215. The number of aromatic nitrogens is 2. The number of carbonyl (C=O) groups excluding carboxylic acids is 1. The third kappa shape index (κ3) is 4.07. The van der Waals surface area contributed by atoms with Crippen LogP contribution in [0.4, 0.5) is 5.82 Å². The number of hydrogen-bond acceptors (Lipinski definition) is 4. The third-order valence-corrected chi connectivity index (χ3v) is 2.38. The van der Waals surface area contributed by atoms with Crippen molar-refractivity contribution >= 4 is 11.7 Å². The van der Waals surface area contributed by atoms with Crippen molar-refractivity contribution in [1.82, 2.24) is 15.5 Å². The molecular weight excluding hydrogens is 220 g/mol.